The van der Waals surface area contributed by atoms with Gasteiger partial charge in [0, 0.05) is 12.6 Å². The third-order valence-corrected chi connectivity index (χ3v) is 4.26. The predicted molar refractivity (Wildman–Crippen MR) is 72.7 cm³/mol. The van der Waals surface area contributed by atoms with Crippen LogP contribution in [0, 0.1) is 11.8 Å². The van der Waals surface area contributed by atoms with Crippen LogP contribution in [-0.2, 0) is 9.53 Å². The molecular weight excluding hydrogens is 244 g/mol. The molecule has 0 bridgehead atoms. The monoisotopic (exact) mass is 270 g/mol. The van der Waals surface area contributed by atoms with E-state index >= 15 is 0 Å². The van der Waals surface area contributed by atoms with E-state index in [1.807, 2.05) is 6.92 Å². The van der Waals surface area contributed by atoms with Crippen molar-refractivity contribution in [2.75, 3.05) is 26.3 Å². The third-order valence-electron chi connectivity index (χ3n) is 4.26. The fourth-order valence-electron chi connectivity index (χ4n) is 3.00. The molecule has 2 rings (SSSR count). The Morgan fingerprint density at radius 3 is 2.68 bits per heavy atom. The number of nitrogens with one attached hydrogen (secondary N) is 2. The summed E-state index contributed by atoms with van der Waals surface area (Å²) in [6.45, 7) is 4.79. The van der Waals surface area contributed by atoms with Crippen molar-refractivity contribution in [1.82, 2.24) is 10.6 Å². The summed E-state index contributed by atoms with van der Waals surface area (Å²) in [5.41, 5.74) is 0. The summed E-state index contributed by atoms with van der Waals surface area (Å²) in [5, 5.41) is 15.8. The molecule has 5 heteroatoms. The van der Waals surface area contributed by atoms with E-state index in [1.54, 1.807) is 0 Å². The number of ether oxygens (including phenoxy) is 1. The van der Waals surface area contributed by atoms with Gasteiger partial charge in [0.1, 0.15) is 0 Å². The lowest BCUT2D eigenvalue weighted by Crippen LogP contribution is -2.45. The molecule has 1 saturated carbocycles. The van der Waals surface area contributed by atoms with Crippen LogP contribution in [0.3, 0.4) is 0 Å². The van der Waals surface area contributed by atoms with E-state index in [-0.39, 0.29) is 24.0 Å². The van der Waals surface area contributed by atoms with Gasteiger partial charge in [0.25, 0.3) is 0 Å². The summed E-state index contributed by atoms with van der Waals surface area (Å²) in [6.07, 6.45) is 3.63. The Balaban J connectivity index is 1.71. The van der Waals surface area contributed by atoms with E-state index in [0.29, 0.717) is 19.1 Å². The Kier molecular flexibility index (Phi) is 5.60. The smallest absolute Gasteiger partial charge is 0.227 e. The lowest BCUT2D eigenvalue weighted by Gasteiger charge is -2.26. The highest BCUT2D eigenvalue weighted by Gasteiger charge is 2.33. The summed E-state index contributed by atoms with van der Waals surface area (Å²) in [7, 11) is 0. The number of carbonyl (C=O) groups excluding carboxylic acids is 1. The lowest BCUT2D eigenvalue weighted by atomic mass is 9.87. The number of rotatable bonds is 5. The highest BCUT2D eigenvalue weighted by molar-refractivity contribution is 5.79. The molecule has 1 aliphatic carbocycles. The molecule has 0 radical (unpaired) electrons. The predicted octanol–water partition coefficient (Wildman–Crippen LogP) is 0.278. The molecule has 2 atom stereocenters. The molecule has 0 aromatic rings. The largest absolute Gasteiger partial charge is 0.393 e. The number of likely N-dealkylation sites (N-methyl/N-ethyl adjacent to an activating group) is 1. The Morgan fingerprint density at radius 1 is 1.26 bits per heavy atom. The third kappa shape index (κ3) is 4.16. The van der Waals surface area contributed by atoms with E-state index < -0.39 is 0 Å². The van der Waals surface area contributed by atoms with Crippen molar-refractivity contribution in [3.05, 3.63) is 0 Å². The van der Waals surface area contributed by atoms with E-state index in [0.717, 1.165) is 38.8 Å². The molecule has 110 valence electrons. The van der Waals surface area contributed by atoms with Crippen LogP contribution in [0.25, 0.3) is 0 Å². The van der Waals surface area contributed by atoms with Crippen molar-refractivity contribution in [3.8, 4) is 0 Å². The number of hydrogen-bond donors (Lipinski definition) is 3. The molecule has 2 unspecified atom stereocenters. The van der Waals surface area contributed by atoms with Crippen LogP contribution in [0.4, 0.5) is 0 Å². The van der Waals surface area contributed by atoms with Crippen LogP contribution in [-0.4, -0.2) is 49.5 Å². The first-order valence-corrected chi connectivity index (χ1v) is 7.47. The standard InChI is InChI=1S/C14H26N2O3/c1-2-15-13-9-19-8-12(13)14(18)16-7-10-3-5-11(17)6-4-10/h10-13,15,17H,2-9H2,1H3,(H,16,18). The molecule has 3 N–H and O–H groups in total. The van der Waals surface area contributed by atoms with Crippen molar-refractivity contribution < 1.29 is 14.6 Å². The number of aliphatic hydroxyl groups excluding tert-OH is 1. The summed E-state index contributed by atoms with van der Waals surface area (Å²) >= 11 is 0. The van der Waals surface area contributed by atoms with Crippen molar-refractivity contribution in [2.45, 2.75) is 44.8 Å². The number of amides is 1. The maximum atomic E-state index is 12.2. The number of carbonyl (C=O) groups is 1. The van der Waals surface area contributed by atoms with Gasteiger partial charge in [-0.3, -0.25) is 4.79 Å². The zero-order chi connectivity index (χ0) is 13.7. The van der Waals surface area contributed by atoms with Crippen molar-refractivity contribution in [2.24, 2.45) is 11.8 Å². The minimum absolute atomic E-state index is 0.0610. The molecule has 1 aliphatic heterocycles. The first-order valence-electron chi connectivity index (χ1n) is 7.47. The van der Waals surface area contributed by atoms with Crippen molar-refractivity contribution in [1.29, 1.82) is 0 Å². The van der Waals surface area contributed by atoms with Crippen LogP contribution >= 0.6 is 0 Å². The van der Waals surface area contributed by atoms with Gasteiger partial charge < -0.3 is 20.5 Å². The lowest BCUT2D eigenvalue weighted by molar-refractivity contribution is -0.125. The molecule has 1 amide bonds. The maximum Gasteiger partial charge on any atom is 0.227 e. The topological polar surface area (TPSA) is 70.6 Å². The number of aliphatic hydroxyl groups is 1. The van der Waals surface area contributed by atoms with Crippen LogP contribution in [0.5, 0.6) is 0 Å². The normalized spacial score (nSPS) is 35.3. The van der Waals surface area contributed by atoms with E-state index in [1.165, 1.54) is 0 Å². The first-order chi connectivity index (χ1) is 9.20. The summed E-state index contributed by atoms with van der Waals surface area (Å²) < 4.78 is 5.39. The molecule has 0 aromatic carbocycles. The fraction of sp³-hybridized carbons (Fsp3) is 0.929. The van der Waals surface area contributed by atoms with Gasteiger partial charge in [-0.1, -0.05) is 6.92 Å². The molecule has 1 heterocycles. The minimum Gasteiger partial charge on any atom is -0.393 e. The van der Waals surface area contributed by atoms with Crippen LogP contribution in [0.15, 0.2) is 0 Å². The van der Waals surface area contributed by atoms with Crippen molar-refractivity contribution >= 4 is 5.91 Å². The Hall–Kier alpha value is -0.650. The molecule has 5 nitrogen and oxygen atoms in total. The summed E-state index contributed by atoms with van der Waals surface area (Å²) in [4.78, 5) is 12.2. The van der Waals surface area contributed by atoms with Gasteiger partial charge in [-0.2, -0.15) is 0 Å². The zero-order valence-electron chi connectivity index (χ0n) is 11.7. The SMILES string of the molecule is CCNC1COCC1C(=O)NCC1CCC(O)CC1. The van der Waals surface area contributed by atoms with Gasteiger partial charge in [-0.25, -0.2) is 0 Å². The molecule has 2 aliphatic rings. The van der Waals surface area contributed by atoms with Gasteiger partial charge in [0.05, 0.1) is 25.2 Å². The molecule has 19 heavy (non-hydrogen) atoms. The van der Waals surface area contributed by atoms with E-state index in [9.17, 15) is 9.90 Å². The van der Waals surface area contributed by atoms with Crippen molar-refractivity contribution in [3.63, 3.8) is 0 Å². The quantitative estimate of drug-likeness (QED) is 0.671. The second-order valence-electron chi connectivity index (χ2n) is 5.73. The average Bonchev–Trinajstić information content (AvgIpc) is 2.86. The van der Waals surface area contributed by atoms with E-state index in [2.05, 4.69) is 10.6 Å². The van der Waals surface area contributed by atoms with Gasteiger partial charge in [-0.15, -0.1) is 0 Å². The van der Waals surface area contributed by atoms with Crippen LogP contribution < -0.4 is 10.6 Å². The van der Waals surface area contributed by atoms with Gasteiger partial charge >= 0.3 is 0 Å². The average molecular weight is 270 g/mol. The van der Waals surface area contributed by atoms with E-state index in [4.69, 9.17) is 4.74 Å². The molecule has 2 fully saturated rings. The molecule has 0 spiro atoms. The highest BCUT2D eigenvalue weighted by atomic mass is 16.5. The summed E-state index contributed by atoms with van der Waals surface area (Å²) in [5.74, 6) is 0.566. The summed E-state index contributed by atoms with van der Waals surface area (Å²) in [6, 6.07) is 0.151. The van der Waals surface area contributed by atoms with Gasteiger partial charge in [0.2, 0.25) is 5.91 Å². The molecule has 1 saturated heterocycles. The van der Waals surface area contributed by atoms with Crippen LogP contribution in [0.2, 0.25) is 0 Å². The minimum atomic E-state index is -0.131. The molecular formula is C14H26N2O3. The second kappa shape index (κ2) is 7.22. The van der Waals surface area contributed by atoms with Gasteiger partial charge in [-0.05, 0) is 38.1 Å². The Labute approximate surface area is 115 Å². The first kappa shape index (κ1) is 14.8. The fourth-order valence-corrected chi connectivity index (χ4v) is 3.00. The Bertz CT molecular complexity index is 290. The number of hydrogen-bond acceptors (Lipinski definition) is 4. The second-order valence-corrected chi connectivity index (χ2v) is 5.73. The zero-order valence-corrected chi connectivity index (χ0v) is 11.7. The van der Waals surface area contributed by atoms with Crippen LogP contribution in [0.1, 0.15) is 32.6 Å². The molecule has 0 aromatic heterocycles. The highest BCUT2D eigenvalue weighted by Crippen LogP contribution is 2.23. The van der Waals surface area contributed by atoms with Gasteiger partial charge in [0.15, 0.2) is 0 Å². The maximum absolute atomic E-state index is 12.2. The Morgan fingerprint density at radius 2 is 2.00 bits per heavy atom.